The van der Waals surface area contributed by atoms with Crippen LogP contribution < -0.4 is 5.32 Å². The molecule has 1 heterocycles. The SMILES string of the molecule is C=CC1=C(C=C)C2(c3ccccc31)c1ccccc1-c1cc3c(cc12)C(CCCCNCc1ccc2c(c1)sc1ccccc12)c1ccccc1-3. The summed E-state index contributed by atoms with van der Waals surface area (Å²) in [4.78, 5) is 0. The van der Waals surface area contributed by atoms with Crippen LogP contribution in [0.2, 0.25) is 0 Å². The molecular formula is C49H39NS. The van der Waals surface area contributed by atoms with Crippen molar-refractivity contribution >= 4 is 37.1 Å². The Hall–Kier alpha value is -5.28. The number of hydrogen-bond donors (Lipinski definition) is 1. The molecule has 2 unspecified atom stereocenters. The molecule has 246 valence electrons. The average Bonchev–Trinajstić information content (AvgIpc) is 3.88. The van der Waals surface area contributed by atoms with E-state index >= 15 is 0 Å². The van der Waals surface area contributed by atoms with Crippen molar-refractivity contribution in [3.8, 4) is 22.3 Å². The molecule has 51 heavy (non-hydrogen) atoms. The van der Waals surface area contributed by atoms with Gasteiger partial charge >= 0.3 is 0 Å². The summed E-state index contributed by atoms with van der Waals surface area (Å²) in [6, 6.07) is 47.9. The molecule has 3 aliphatic carbocycles. The summed E-state index contributed by atoms with van der Waals surface area (Å²) in [6.07, 6.45) is 7.59. The molecule has 2 atom stereocenters. The van der Waals surface area contributed by atoms with E-state index < -0.39 is 5.41 Å². The lowest BCUT2D eigenvalue weighted by atomic mass is 9.69. The molecule has 1 aromatic heterocycles. The number of thiophene rings is 1. The van der Waals surface area contributed by atoms with Crippen molar-refractivity contribution in [2.24, 2.45) is 0 Å². The molecule has 1 N–H and O–H groups in total. The summed E-state index contributed by atoms with van der Waals surface area (Å²) in [5.74, 6) is 0.379. The van der Waals surface area contributed by atoms with Gasteiger partial charge in [0.25, 0.3) is 0 Å². The van der Waals surface area contributed by atoms with Crippen molar-refractivity contribution in [3.05, 3.63) is 197 Å². The topological polar surface area (TPSA) is 12.0 Å². The van der Waals surface area contributed by atoms with Crippen LogP contribution >= 0.6 is 11.3 Å². The second kappa shape index (κ2) is 11.9. The fraction of sp³-hybridized carbons (Fsp3) is 0.143. The Bertz CT molecular complexity index is 2600. The highest BCUT2D eigenvalue weighted by Gasteiger charge is 2.52. The van der Waals surface area contributed by atoms with Gasteiger partial charge in [0, 0.05) is 32.6 Å². The van der Waals surface area contributed by atoms with Gasteiger partial charge in [0.2, 0.25) is 0 Å². The van der Waals surface area contributed by atoms with Gasteiger partial charge in [-0.05, 0) is 110 Å². The van der Waals surface area contributed by atoms with E-state index in [4.69, 9.17) is 0 Å². The van der Waals surface area contributed by atoms with Crippen LogP contribution in [-0.4, -0.2) is 6.54 Å². The van der Waals surface area contributed by atoms with Crippen LogP contribution in [0.5, 0.6) is 0 Å². The first-order valence-electron chi connectivity index (χ1n) is 18.3. The maximum Gasteiger partial charge on any atom is 0.0725 e. The van der Waals surface area contributed by atoms with Crippen LogP contribution in [0.4, 0.5) is 0 Å². The van der Waals surface area contributed by atoms with E-state index in [1.165, 1.54) is 98.9 Å². The molecule has 0 saturated heterocycles. The van der Waals surface area contributed by atoms with Crippen molar-refractivity contribution in [2.75, 3.05) is 6.54 Å². The summed E-state index contributed by atoms with van der Waals surface area (Å²) in [5, 5.41) is 6.49. The summed E-state index contributed by atoms with van der Waals surface area (Å²) in [7, 11) is 0. The van der Waals surface area contributed by atoms with Gasteiger partial charge in [-0.25, -0.2) is 0 Å². The monoisotopic (exact) mass is 673 g/mol. The number of allylic oxidation sites excluding steroid dienone is 4. The van der Waals surface area contributed by atoms with Gasteiger partial charge in [0.05, 0.1) is 5.41 Å². The molecule has 3 aliphatic rings. The quantitative estimate of drug-likeness (QED) is 0.150. The Balaban J connectivity index is 0.951. The van der Waals surface area contributed by atoms with Crippen LogP contribution in [-0.2, 0) is 12.0 Å². The lowest BCUT2D eigenvalue weighted by Crippen LogP contribution is -2.27. The summed E-state index contributed by atoms with van der Waals surface area (Å²) in [6.45, 7) is 10.6. The highest BCUT2D eigenvalue weighted by atomic mass is 32.1. The minimum absolute atomic E-state index is 0.379. The first-order valence-corrected chi connectivity index (χ1v) is 19.1. The number of nitrogens with one attached hydrogen (secondary N) is 1. The molecule has 0 aliphatic heterocycles. The Labute approximate surface area is 304 Å². The maximum absolute atomic E-state index is 4.40. The third-order valence-electron chi connectivity index (χ3n) is 11.8. The lowest BCUT2D eigenvalue weighted by molar-refractivity contribution is 0.582. The summed E-state index contributed by atoms with van der Waals surface area (Å²) in [5.41, 5.74) is 17.2. The third kappa shape index (κ3) is 4.37. The van der Waals surface area contributed by atoms with Crippen molar-refractivity contribution < 1.29 is 0 Å². The molecule has 0 saturated carbocycles. The molecule has 7 aromatic rings. The molecule has 1 nitrogen and oxygen atoms in total. The van der Waals surface area contributed by atoms with Gasteiger partial charge in [0.1, 0.15) is 0 Å². The molecule has 0 amide bonds. The van der Waals surface area contributed by atoms with Crippen LogP contribution in [0.15, 0.2) is 158 Å². The van der Waals surface area contributed by atoms with Gasteiger partial charge in [0.15, 0.2) is 0 Å². The van der Waals surface area contributed by atoms with E-state index in [0.29, 0.717) is 5.92 Å². The maximum atomic E-state index is 4.40. The molecule has 6 aromatic carbocycles. The Morgan fingerprint density at radius 1 is 0.588 bits per heavy atom. The van der Waals surface area contributed by atoms with Crippen LogP contribution in [0, 0.1) is 0 Å². The second-order valence-electron chi connectivity index (χ2n) is 14.3. The molecular weight excluding hydrogens is 635 g/mol. The van der Waals surface area contributed by atoms with Gasteiger partial charge in [-0.15, -0.1) is 11.3 Å². The zero-order valence-corrected chi connectivity index (χ0v) is 29.5. The highest BCUT2D eigenvalue weighted by Crippen LogP contribution is 2.64. The van der Waals surface area contributed by atoms with Gasteiger partial charge in [-0.3, -0.25) is 0 Å². The minimum atomic E-state index is -0.398. The van der Waals surface area contributed by atoms with Crippen LogP contribution in [0.1, 0.15) is 64.1 Å². The fourth-order valence-corrected chi connectivity index (χ4v) is 10.9. The van der Waals surface area contributed by atoms with E-state index in [9.17, 15) is 0 Å². The number of hydrogen-bond acceptors (Lipinski definition) is 2. The zero-order chi connectivity index (χ0) is 34.1. The van der Waals surface area contributed by atoms with E-state index in [1.807, 2.05) is 17.4 Å². The summed E-state index contributed by atoms with van der Waals surface area (Å²) >= 11 is 1.90. The molecule has 0 radical (unpaired) electrons. The van der Waals surface area contributed by atoms with E-state index in [0.717, 1.165) is 25.9 Å². The fourth-order valence-electron chi connectivity index (χ4n) is 9.70. The lowest BCUT2D eigenvalue weighted by Gasteiger charge is -2.32. The first kappa shape index (κ1) is 30.5. The van der Waals surface area contributed by atoms with Gasteiger partial charge in [-0.2, -0.15) is 0 Å². The molecule has 1 spiro atoms. The van der Waals surface area contributed by atoms with Crippen molar-refractivity contribution in [1.82, 2.24) is 5.32 Å². The van der Waals surface area contributed by atoms with E-state index in [2.05, 4.69) is 152 Å². The van der Waals surface area contributed by atoms with Crippen molar-refractivity contribution in [3.63, 3.8) is 0 Å². The summed E-state index contributed by atoms with van der Waals surface area (Å²) < 4.78 is 2.74. The predicted molar refractivity (Wildman–Crippen MR) is 218 cm³/mol. The number of unbranched alkanes of at least 4 members (excludes halogenated alkanes) is 1. The first-order chi connectivity index (χ1) is 25.2. The van der Waals surface area contributed by atoms with Crippen molar-refractivity contribution in [2.45, 2.75) is 37.1 Å². The van der Waals surface area contributed by atoms with Gasteiger partial charge < -0.3 is 5.32 Å². The largest absolute Gasteiger partial charge is 0.313 e. The van der Waals surface area contributed by atoms with Crippen LogP contribution in [0.25, 0.3) is 48.0 Å². The Morgan fingerprint density at radius 2 is 1.31 bits per heavy atom. The number of rotatable bonds is 9. The highest BCUT2D eigenvalue weighted by molar-refractivity contribution is 7.25. The Morgan fingerprint density at radius 3 is 2.16 bits per heavy atom. The predicted octanol–water partition coefficient (Wildman–Crippen LogP) is 12.6. The normalized spacial score (nSPS) is 17.8. The van der Waals surface area contributed by atoms with Crippen LogP contribution in [0.3, 0.4) is 0 Å². The number of fused-ring (bicyclic) bond motifs is 13. The van der Waals surface area contributed by atoms with E-state index in [1.54, 1.807) is 0 Å². The molecule has 10 rings (SSSR count). The molecule has 0 fully saturated rings. The Kier molecular flexibility index (Phi) is 7.13. The second-order valence-corrected chi connectivity index (χ2v) is 15.4. The molecule has 0 bridgehead atoms. The van der Waals surface area contributed by atoms with Gasteiger partial charge in [-0.1, -0.05) is 141 Å². The molecule has 2 heteroatoms. The zero-order valence-electron chi connectivity index (χ0n) is 28.7. The van der Waals surface area contributed by atoms with Crippen molar-refractivity contribution in [1.29, 1.82) is 0 Å². The minimum Gasteiger partial charge on any atom is -0.313 e. The standard InChI is InChI=1S/C49H39NS/c1-3-32-36-18-7-10-21-44(36)49(43(32)4-2)45-22-11-8-19-37(45)42-28-40-34-16-6-5-15-33(34)35(41(40)29-46(42)49)17-13-14-26-50-30-31-24-25-39-38-20-9-12-23-47(38)51-48(39)27-31/h3-12,15-16,18-25,27-29,35,50H,1-2,13-14,17,26,30H2. The number of benzene rings is 6. The van der Waals surface area contributed by atoms with E-state index in [-0.39, 0.29) is 0 Å². The smallest absolute Gasteiger partial charge is 0.0725 e. The third-order valence-corrected chi connectivity index (χ3v) is 12.9. The average molecular weight is 674 g/mol.